The minimum Gasteiger partial charge on any atom is -0.444 e. The van der Waals surface area contributed by atoms with E-state index in [0.29, 0.717) is 65.2 Å². The lowest BCUT2D eigenvalue weighted by molar-refractivity contribution is -0.145. The summed E-state index contributed by atoms with van der Waals surface area (Å²) in [4.78, 5) is 43.4. The highest BCUT2D eigenvalue weighted by Crippen LogP contribution is 2.26. The van der Waals surface area contributed by atoms with Crippen molar-refractivity contribution in [3.05, 3.63) is 0 Å². The second kappa shape index (κ2) is 8.68. The van der Waals surface area contributed by atoms with Gasteiger partial charge in [-0.25, -0.2) is 4.79 Å². The lowest BCUT2D eigenvalue weighted by atomic mass is 9.94. The molecule has 28 heavy (non-hydrogen) atoms. The third-order valence-corrected chi connectivity index (χ3v) is 5.64. The fourth-order valence-corrected chi connectivity index (χ4v) is 4.16. The van der Waals surface area contributed by atoms with E-state index >= 15 is 0 Å². The number of amides is 3. The lowest BCUT2D eigenvalue weighted by Crippen LogP contribution is -2.52. The Labute approximate surface area is 167 Å². The summed E-state index contributed by atoms with van der Waals surface area (Å²) in [6, 6.07) is -0.443. The molecule has 8 nitrogen and oxygen atoms in total. The molecule has 3 heterocycles. The molecule has 0 aromatic heterocycles. The summed E-state index contributed by atoms with van der Waals surface area (Å²) >= 11 is 0. The van der Waals surface area contributed by atoms with Gasteiger partial charge in [-0.05, 0) is 46.5 Å². The SMILES string of the molecule is CC(C)(C)OC(=O)N1CCCC1C(=O)N1CCC(C(=O)N2CCOCC2)CC1. The van der Waals surface area contributed by atoms with Gasteiger partial charge in [-0.2, -0.15) is 0 Å². The summed E-state index contributed by atoms with van der Waals surface area (Å²) in [6.45, 7) is 9.69. The van der Waals surface area contributed by atoms with Crippen LogP contribution in [0, 0.1) is 5.92 Å². The standard InChI is InChI=1S/C20H33N3O5/c1-20(2,3)28-19(26)23-8-4-5-16(23)18(25)21-9-6-15(7-10-21)17(24)22-11-13-27-14-12-22/h15-16H,4-14H2,1-3H3. The molecule has 3 amide bonds. The normalized spacial score (nSPS) is 24.4. The second-order valence-corrected chi connectivity index (χ2v) is 8.87. The summed E-state index contributed by atoms with van der Waals surface area (Å²) in [5.74, 6) is 0.153. The number of hydrogen-bond donors (Lipinski definition) is 0. The number of carbonyl (C=O) groups excluding carboxylic acids is 3. The predicted molar refractivity (Wildman–Crippen MR) is 103 cm³/mol. The average Bonchev–Trinajstić information content (AvgIpc) is 3.16. The number of hydrogen-bond acceptors (Lipinski definition) is 5. The lowest BCUT2D eigenvalue weighted by Gasteiger charge is -2.37. The van der Waals surface area contributed by atoms with Crippen LogP contribution in [0.2, 0.25) is 0 Å². The monoisotopic (exact) mass is 395 g/mol. The van der Waals surface area contributed by atoms with Crippen molar-refractivity contribution in [2.24, 2.45) is 5.92 Å². The van der Waals surface area contributed by atoms with Gasteiger partial charge >= 0.3 is 6.09 Å². The molecule has 158 valence electrons. The fraction of sp³-hybridized carbons (Fsp3) is 0.850. The first kappa shape index (κ1) is 20.9. The second-order valence-electron chi connectivity index (χ2n) is 8.87. The first-order valence-corrected chi connectivity index (χ1v) is 10.4. The Bertz CT molecular complexity index is 589. The fourth-order valence-electron chi connectivity index (χ4n) is 4.16. The van der Waals surface area contributed by atoms with E-state index < -0.39 is 17.7 Å². The highest BCUT2D eigenvalue weighted by Gasteiger charge is 2.40. The molecular weight excluding hydrogens is 362 g/mol. The molecule has 0 spiro atoms. The molecule has 1 unspecified atom stereocenters. The summed E-state index contributed by atoms with van der Waals surface area (Å²) in [6.07, 6.45) is 2.43. The Morgan fingerprint density at radius 1 is 0.857 bits per heavy atom. The minimum atomic E-state index is -0.578. The van der Waals surface area contributed by atoms with E-state index in [-0.39, 0.29) is 17.7 Å². The van der Waals surface area contributed by atoms with Gasteiger partial charge in [-0.3, -0.25) is 14.5 Å². The number of rotatable bonds is 2. The molecule has 0 aliphatic carbocycles. The third kappa shape index (κ3) is 4.96. The van der Waals surface area contributed by atoms with Gasteiger partial charge in [0.15, 0.2) is 0 Å². The van der Waals surface area contributed by atoms with E-state index in [1.165, 1.54) is 0 Å². The first-order chi connectivity index (χ1) is 13.3. The Balaban J connectivity index is 1.52. The number of ether oxygens (including phenoxy) is 2. The van der Waals surface area contributed by atoms with Crippen LogP contribution in [-0.4, -0.2) is 90.2 Å². The maximum Gasteiger partial charge on any atom is 0.410 e. The first-order valence-electron chi connectivity index (χ1n) is 10.4. The van der Waals surface area contributed by atoms with E-state index in [1.54, 1.807) is 4.90 Å². The molecule has 0 aromatic carbocycles. The number of nitrogens with zero attached hydrogens (tertiary/aromatic N) is 3. The van der Waals surface area contributed by atoms with Gasteiger partial charge < -0.3 is 19.3 Å². The van der Waals surface area contributed by atoms with Gasteiger partial charge in [0.25, 0.3) is 0 Å². The van der Waals surface area contributed by atoms with Crippen molar-refractivity contribution in [1.82, 2.24) is 14.7 Å². The van der Waals surface area contributed by atoms with Crippen LogP contribution in [0.15, 0.2) is 0 Å². The van der Waals surface area contributed by atoms with Crippen LogP contribution in [0.5, 0.6) is 0 Å². The molecule has 3 saturated heterocycles. The number of piperidine rings is 1. The van der Waals surface area contributed by atoms with E-state index in [0.717, 1.165) is 6.42 Å². The van der Waals surface area contributed by atoms with Gasteiger partial charge in [0, 0.05) is 38.6 Å². The Morgan fingerprint density at radius 3 is 2.07 bits per heavy atom. The average molecular weight is 396 g/mol. The van der Waals surface area contributed by atoms with Crippen LogP contribution in [0.1, 0.15) is 46.5 Å². The zero-order valence-electron chi connectivity index (χ0n) is 17.3. The zero-order chi connectivity index (χ0) is 20.3. The van der Waals surface area contributed by atoms with Crippen molar-refractivity contribution >= 4 is 17.9 Å². The van der Waals surface area contributed by atoms with Crippen LogP contribution in [0.3, 0.4) is 0 Å². The number of morpholine rings is 1. The molecular formula is C20H33N3O5. The molecule has 0 N–H and O–H groups in total. The predicted octanol–water partition coefficient (Wildman–Crippen LogP) is 1.48. The molecule has 3 rings (SSSR count). The van der Waals surface area contributed by atoms with Crippen molar-refractivity contribution in [1.29, 1.82) is 0 Å². The van der Waals surface area contributed by atoms with E-state index in [9.17, 15) is 14.4 Å². The minimum absolute atomic E-state index is 0.0133. The van der Waals surface area contributed by atoms with E-state index in [2.05, 4.69) is 0 Å². The maximum atomic E-state index is 13.0. The van der Waals surface area contributed by atoms with Gasteiger partial charge in [0.1, 0.15) is 11.6 Å². The van der Waals surface area contributed by atoms with Crippen molar-refractivity contribution in [2.75, 3.05) is 45.9 Å². The van der Waals surface area contributed by atoms with Gasteiger partial charge in [0.2, 0.25) is 11.8 Å². The van der Waals surface area contributed by atoms with Crippen LogP contribution >= 0.6 is 0 Å². The van der Waals surface area contributed by atoms with Gasteiger partial charge in [-0.1, -0.05) is 0 Å². The van der Waals surface area contributed by atoms with Crippen molar-refractivity contribution in [3.8, 4) is 0 Å². The molecule has 8 heteroatoms. The highest BCUT2D eigenvalue weighted by molar-refractivity contribution is 5.87. The third-order valence-electron chi connectivity index (χ3n) is 5.64. The van der Waals surface area contributed by atoms with Crippen molar-refractivity contribution in [3.63, 3.8) is 0 Å². The smallest absolute Gasteiger partial charge is 0.410 e. The Hall–Kier alpha value is -1.83. The summed E-state index contributed by atoms with van der Waals surface area (Å²) in [5, 5.41) is 0. The largest absolute Gasteiger partial charge is 0.444 e. The number of likely N-dealkylation sites (tertiary alicyclic amines) is 2. The van der Waals surface area contributed by atoms with Crippen molar-refractivity contribution < 1.29 is 23.9 Å². The molecule has 3 fully saturated rings. The molecule has 3 aliphatic rings. The molecule has 1 atom stereocenters. The van der Waals surface area contributed by atoms with E-state index in [4.69, 9.17) is 9.47 Å². The summed E-state index contributed by atoms with van der Waals surface area (Å²) in [5.41, 5.74) is -0.578. The summed E-state index contributed by atoms with van der Waals surface area (Å²) in [7, 11) is 0. The van der Waals surface area contributed by atoms with Crippen LogP contribution < -0.4 is 0 Å². The molecule has 3 aliphatic heterocycles. The molecule has 0 saturated carbocycles. The van der Waals surface area contributed by atoms with Crippen molar-refractivity contribution in [2.45, 2.75) is 58.1 Å². The Kier molecular flexibility index (Phi) is 6.47. The van der Waals surface area contributed by atoms with Crippen LogP contribution in [-0.2, 0) is 19.1 Å². The quantitative estimate of drug-likeness (QED) is 0.708. The van der Waals surface area contributed by atoms with Gasteiger partial charge in [-0.15, -0.1) is 0 Å². The van der Waals surface area contributed by atoms with Gasteiger partial charge in [0.05, 0.1) is 13.2 Å². The molecule has 0 aromatic rings. The number of carbonyl (C=O) groups is 3. The van der Waals surface area contributed by atoms with Crippen LogP contribution in [0.4, 0.5) is 4.79 Å². The summed E-state index contributed by atoms with van der Waals surface area (Å²) < 4.78 is 10.8. The highest BCUT2D eigenvalue weighted by atomic mass is 16.6. The van der Waals surface area contributed by atoms with Crippen LogP contribution in [0.25, 0.3) is 0 Å². The zero-order valence-corrected chi connectivity index (χ0v) is 17.3. The maximum absolute atomic E-state index is 13.0. The molecule has 0 radical (unpaired) electrons. The topological polar surface area (TPSA) is 79.4 Å². The van der Waals surface area contributed by atoms with E-state index in [1.807, 2.05) is 30.6 Å². The Morgan fingerprint density at radius 2 is 1.46 bits per heavy atom. The molecule has 0 bridgehead atoms.